The fourth-order valence-electron chi connectivity index (χ4n) is 7.69. The molecule has 338 valence electrons. The monoisotopic (exact) mass is 879 g/mol. The molecule has 1 aliphatic carbocycles. The van der Waals surface area contributed by atoms with Gasteiger partial charge in [-0.2, -0.15) is 0 Å². The van der Waals surface area contributed by atoms with Crippen molar-refractivity contribution in [1.82, 2.24) is 20.3 Å². The summed E-state index contributed by atoms with van der Waals surface area (Å²) in [6, 6.07) is 11.8. The number of rotatable bonds is 27. The molecular weight excluding hydrogens is 819 g/mol. The summed E-state index contributed by atoms with van der Waals surface area (Å²) in [4.78, 5) is 93.6. The van der Waals surface area contributed by atoms with Crippen LogP contribution >= 0.6 is 11.3 Å². The van der Waals surface area contributed by atoms with Crippen LogP contribution in [0, 0.1) is 18.8 Å². The van der Waals surface area contributed by atoms with E-state index in [0.29, 0.717) is 69.7 Å². The van der Waals surface area contributed by atoms with Gasteiger partial charge in [-0.3, -0.25) is 28.8 Å². The fourth-order valence-corrected chi connectivity index (χ4v) is 8.51. The van der Waals surface area contributed by atoms with Gasteiger partial charge in [0.1, 0.15) is 6.54 Å². The van der Waals surface area contributed by atoms with Gasteiger partial charge in [0.15, 0.2) is 5.78 Å². The molecule has 2 N–H and O–H groups in total. The average molecular weight is 880 g/mol. The Bertz CT molecular complexity index is 1970. The Kier molecular flexibility index (Phi) is 19.5. The molecule has 16 nitrogen and oxygen atoms in total. The number of hydrogen-bond donors (Lipinski definition) is 2. The number of Topliss-reactive ketones (excluding diaryl/α,β-unsaturated/α-hetero) is 1. The molecule has 2 aromatic heterocycles. The van der Waals surface area contributed by atoms with Gasteiger partial charge < -0.3 is 39.1 Å². The summed E-state index contributed by atoms with van der Waals surface area (Å²) in [5.41, 5.74) is 3.40. The molecule has 1 saturated heterocycles. The third-order valence-corrected chi connectivity index (χ3v) is 11.9. The number of likely N-dealkylation sites (N-methyl/N-ethyl adjacent to an activating group) is 1. The fraction of sp³-hybridized carbons (Fsp3) is 0.578. The molecule has 0 radical (unpaired) electrons. The third-order valence-electron chi connectivity index (χ3n) is 11.1. The van der Waals surface area contributed by atoms with Gasteiger partial charge in [0.2, 0.25) is 17.7 Å². The van der Waals surface area contributed by atoms with E-state index in [0.717, 1.165) is 66.4 Å². The third kappa shape index (κ3) is 14.8. The zero-order valence-corrected chi connectivity index (χ0v) is 36.8. The van der Waals surface area contributed by atoms with Gasteiger partial charge in [-0.1, -0.05) is 18.6 Å². The number of nitrogens with one attached hydrogen (secondary N) is 2. The van der Waals surface area contributed by atoms with Crippen molar-refractivity contribution in [3.05, 3.63) is 53.0 Å². The Morgan fingerprint density at radius 2 is 1.52 bits per heavy atom. The molecule has 2 fully saturated rings. The van der Waals surface area contributed by atoms with Crippen molar-refractivity contribution < 1.29 is 52.6 Å². The van der Waals surface area contributed by atoms with Crippen molar-refractivity contribution in [3.63, 3.8) is 0 Å². The van der Waals surface area contributed by atoms with Crippen molar-refractivity contribution in [3.8, 4) is 0 Å². The van der Waals surface area contributed by atoms with Crippen molar-refractivity contribution in [1.29, 1.82) is 0 Å². The van der Waals surface area contributed by atoms with E-state index in [-0.39, 0.29) is 74.4 Å². The van der Waals surface area contributed by atoms with E-state index in [4.69, 9.17) is 19.0 Å². The summed E-state index contributed by atoms with van der Waals surface area (Å²) < 4.78 is 19.0. The second-order valence-electron chi connectivity index (χ2n) is 15.7. The standard InChI is InChI=1S/C45H61N5O11S/c1-3-48(35-9-7-8-32(2)28-35)43(55)31-49-36-18-27-62-39(36)30-37(49)38(51)29-33-11-13-34(14-12-33)45(57)47-19-6-4-5-10-40(52)46-20-22-59-24-26-60-25-23-58-21-17-44(56)61-50-41(53)15-16-42(50)54/h7-9,18,27-28,30,33-34H,3-6,10-17,19-26,29,31H2,1-2H3,(H,46,52)(H,47,57). The lowest BCUT2D eigenvalue weighted by Gasteiger charge is -2.27. The largest absolute Gasteiger partial charge is 0.378 e. The number of carbonyl (C=O) groups is 7. The summed E-state index contributed by atoms with van der Waals surface area (Å²) >= 11 is 1.56. The molecule has 5 rings (SSSR count). The SMILES string of the molecule is CCN(C(=O)Cn1c(C(=O)CC2CCC(C(=O)NCCCCCC(=O)NCCOCCOCCOCCC(=O)ON3C(=O)CCC3=O)CC2)cc2sccc21)c1cccc(C)c1. The lowest BCUT2D eigenvalue weighted by atomic mass is 9.79. The lowest BCUT2D eigenvalue weighted by Crippen LogP contribution is -2.35. The Labute approximate surface area is 366 Å². The Morgan fingerprint density at radius 1 is 0.806 bits per heavy atom. The lowest BCUT2D eigenvalue weighted by molar-refractivity contribution is -0.198. The topological polar surface area (TPSA) is 192 Å². The Morgan fingerprint density at radius 3 is 2.23 bits per heavy atom. The smallest absolute Gasteiger partial charge is 0.335 e. The number of hydroxylamine groups is 2. The van der Waals surface area contributed by atoms with Crippen LogP contribution in [0.3, 0.4) is 0 Å². The average Bonchev–Trinajstić information content (AvgIpc) is 3.95. The van der Waals surface area contributed by atoms with Gasteiger partial charge in [0.05, 0.1) is 62.0 Å². The number of hydrogen-bond acceptors (Lipinski definition) is 12. The van der Waals surface area contributed by atoms with Crippen molar-refractivity contribution in [2.45, 2.75) is 97.4 Å². The summed E-state index contributed by atoms with van der Waals surface area (Å²) in [6.45, 7) is 7.17. The number of thiophene rings is 1. The first-order chi connectivity index (χ1) is 30.0. The maximum absolute atomic E-state index is 13.7. The van der Waals surface area contributed by atoms with Crippen molar-refractivity contribution >= 4 is 68.5 Å². The van der Waals surface area contributed by atoms with E-state index in [2.05, 4.69) is 10.6 Å². The molecule has 0 bridgehead atoms. The van der Waals surface area contributed by atoms with E-state index < -0.39 is 17.8 Å². The number of aryl methyl sites for hydroxylation is 1. The normalized spacial score (nSPS) is 16.5. The number of fused-ring (bicyclic) bond motifs is 1. The number of amides is 5. The molecule has 5 amide bonds. The molecule has 1 aromatic carbocycles. The molecule has 2 aliphatic rings. The molecule has 0 unspecified atom stereocenters. The van der Waals surface area contributed by atoms with Crippen molar-refractivity contribution in [2.75, 3.05) is 64.2 Å². The number of ether oxygens (including phenoxy) is 3. The molecule has 1 aliphatic heterocycles. The highest BCUT2D eigenvalue weighted by Gasteiger charge is 2.33. The van der Waals surface area contributed by atoms with E-state index in [1.165, 1.54) is 0 Å². The zero-order chi connectivity index (χ0) is 44.3. The number of unbranched alkanes of at least 4 members (excludes halogenated alkanes) is 2. The summed E-state index contributed by atoms with van der Waals surface area (Å²) in [5, 5.41) is 8.40. The maximum Gasteiger partial charge on any atom is 0.335 e. The van der Waals surface area contributed by atoms with Crippen LogP contribution in [0.25, 0.3) is 10.2 Å². The summed E-state index contributed by atoms with van der Waals surface area (Å²) in [7, 11) is 0. The van der Waals surface area contributed by atoms with Crippen LogP contribution in [0.15, 0.2) is 41.8 Å². The molecular formula is C45H61N5O11S. The van der Waals surface area contributed by atoms with Crippen LogP contribution in [0.2, 0.25) is 0 Å². The van der Waals surface area contributed by atoms with Crippen LogP contribution in [0.5, 0.6) is 0 Å². The van der Waals surface area contributed by atoms with Gasteiger partial charge in [-0.05, 0) is 93.5 Å². The van der Waals surface area contributed by atoms with E-state index in [9.17, 15) is 33.6 Å². The highest BCUT2D eigenvalue weighted by Crippen LogP contribution is 2.33. The molecule has 1 saturated carbocycles. The first-order valence-electron chi connectivity index (χ1n) is 21.8. The van der Waals surface area contributed by atoms with E-state index in [1.54, 1.807) is 16.2 Å². The Hall–Kier alpha value is -4.97. The molecule has 62 heavy (non-hydrogen) atoms. The number of imide groups is 1. The van der Waals surface area contributed by atoms with Crippen LogP contribution in [-0.4, -0.2) is 110 Å². The minimum atomic E-state index is -0.718. The number of ketones is 1. The second kappa shape index (κ2) is 25.2. The number of benzene rings is 1. The predicted molar refractivity (Wildman–Crippen MR) is 232 cm³/mol. The van der Waals surface area contributed by atoms with E-state index in [1.807, 2.05) is 60.2 Å². The molecule has 3 aromatic rings. The molecule has 17 heteroatoms. The quantitative estimate of drug-likeness (QED) is 0.0575. The summed E-state index contributed by atoms with van der Waals surface area (Å²) in [6.07, 6.45) is 6.19. The molecule has 3 heterocycles. The van der Waals surface area contributed by atoms with Gasteiger partial charge >= 0.3 is 5.97 Å². The van der Waals surface area contributed by atoms with Gasteiger partial charge in [-0.25, -0.2) is 4.79 Å². The van der Waals surface area contributed by atoms with Gasteiger partial charge in [0.25, 0.3) is 11.8 Å². The van der Waals surface area contributed by atoms with Gasteiger partial charge in [-0.15, -0.1) is 16.4 Å². The first-order valence-corrected chi connectivity index (χ1v) is 22.7. The van der Waals surface area contributed by atoms with Crippen LogP contribution in [0.1, 0.15) is 100 Å². The second-order valence-corrected chi connectivity index (χ2v) is 16.6. The van der Waals surface area contributed by atoms with Crippen LogP contribution in [0.4, 0.5) is 5.69 Å². The number of aromatic nitrogens is 1. The molecule has 0 atom stereocenters. The number of anilines is 1. The van der Waals surface area contributed by atoms with E-state index >= 15 is 0 Å². The summed E-state index contributed by atoms with van der Waals surface area (Å²) in [5.74, 6) is -1.67. The van der Waals surface area contributed by atoms with Crippen molar-refractivity contribution in [2.24, 2.45) is 11.8 Å². The highest BCUT2D eigenvalue weighted by atomic mass is 32.1. The Balaban J connectivity index is 0.853. The molecule has 0 spiro atoms. The van der Waals surface area contributed by atoms with Crippen LogP contribution in [-0.2, 0) is 54.4 Å². The number of nitrogens with zero attached hydrogens (tertiary/aromatic N) is 3. The number of carbonyl (C=O) groups excluding carboxylic acids is 7. The minimum absolute atomic E-state index is 0.0356. The van der Waals surface area contributed by atoms with Crippen LogP contribution < -0.4 is 15.5 Å². The predicted octanol–water partition coefficient (Wildman–Crippen LogP) is 5.28. The van der Waals surface area contributed by atoms with Gasteiger partial charge in [0, 0.05) is 56.9 Å². The maximum atomic E-state index is 13.7. The first kappa shape index (κ1) is 48.1. The zero-order valence-electron chi connectivity index (χ0n) is 36.0. The minimum Gasteiger partial charge on any atom is -0.378 e. The highest BCUT2D eigenvalue weighted by molar-refractivity contribution is 7.17.